The van der Waals surface area contributed by atoms with Crippen molar-refractivity contribution in [2.45, 2.75) is 58.9 Å². The lowest BCUT2D eigenvalue weighted by Gasteiger charge is -2.22. The van der Waals surface area contributed by atoms with Gasteiger partial charge in [-0.05, 0) is 37.3 Å². The number of imidazole rings is 1. The van der Waals surface area contributed by atoms with Crippen LogP contribution >= 0.6 is 0 Å². The summed E-state index contributed by atoms with van der Waals surface area (Å²) in [5, 5.41) is 0. The monoisotopic (exact) mass is 495 g/mol. The highest BCUT2D eigenvalue weighted by Gasteiger charge is 2.28. The van der Waals surface area contributed by atoms with Crippen LogP contribution in [0.3, 0.4) is 0 Å². The zero-order valence-electron chi connectivity index (χ0n) is 20.4. The molecule has 0 bridgehead atoms. The molecule has 3 aromatic rings. The Morgan fingerprint density at radius 2 is 1.66 bits per heavy atom. The van der Waals surface area contributed by atoms with E-state index in [-0.39, 0.29) is 17.2 Å². The maximum Gasteiger partial charge on any atom is 0.333 e. The molecule has 186 valence electrons. The van der Waals surface area contributed by atoms with Gasteiger partial charge in [0.2, 0.25) is 10.0 Å². The number of hydrogen-bond acceptors (Lipinski definition) is 4. The van der Waals surface area contributed by atoms with Crippen LogP contribution in [-0.4, -0.2) is 29.1 Å². The number of nitrogens with one attached hydrogen (secondary N) is 1. The predicted octanol–water partition coefficient (Wildman–Crippen LogP) is 5.24. The van der Waals surface area contributed by atoms with Gasteiger partial charge in [0.25, 0.3) is 0 Å². The minimum Gasteiger partial charge on any atom is -0.293 e. The van der Waals surface area contributed by atoms with Gasteiger partial charge in [0.05, 0.1) is 22.8 Å². The van der Waals surface area contributed by atoms with E-state index in [0.717, 1.165) is 31.2 Å². The number of carbonyl (C=O) groups excluding carboxylic acids is 1. The number of hydrogen-bond donors (Lipinski definition) is 1. The van der Waals surface area contributed by atoms with Gasteiger partial charge in [-0.1, -0.05) is 68.7 Å². The third kappa shape index (κ3) is 5.42. The van der Waals surface area contributed by atoms with E-state index in [1.165, 1.54) is 17.9 Å². The number of benzene rings is 2. The molecule has 0 spiro atoms. The fourth-order valence-corrected chi connectivity index (χ4v) is 6.17. The molecule has 2 aromatic carbocycles. The molecule has 0 saturated heterocycles. The predicted molar refractivity (Wildman–Crippen MR) is 140 cm³/mol. The average molecular weight is 496 g/mol. The minimum atomic E-state index is -3.59. The van der Waals surface area contributed by atoms with E-state index in [1.807, 2.05) is 30.3 Å². The van der Waals surface area contributed by atoms with Crippen molar-refractivity contribution in [3.63, 3.8) is 0 Å². The van der Waals surface area contributed by atoms with Gasteiger partial charge in [-0.3, -0.25) is 18.7 Å². The molecule has 1 heterocycles. The van der Waals surface area contributed by atoms with Crippen molar-refractivity contribution in [2.75, 3.05) is 10.5 Å². The normalized spacial score (nSPS) is 14.7. The number of anilines is 1. The number of carbonyl (C=O) groups is 1. The summed E-state index contributed by atoms with van der Waals surface area (Å²) in [5.41, 5.74) is 1.95. The van der Waals surface area contributed by atoms with Crippen molar-refractivity contribution in [3.8, 4) is 16.9 Å². The van der Waals surface area contributed by atoms with Gasteiger partial charge in [0.1, 0.15) is 5.69 Å². The standard InChI is InChI=1S/C27H33N3O4S/c1-3-18-35(33,34)28-23-16-10-11-17-24(23)30-26(22-14-8-5-9-15-22)25(20(2)31)29(27(30)32)19-21-12-6-4-7-13-21/h5,8-11,14-17,21,28H,3-4,6-7,12-13,18-19H2,1-2H3. The van der Waals surface area contributed by atoms with E-state index in [9.17, 15) is 18.0 Å². The lowest BCUT2D eigenvalue weighted by molar-refractivity contribution is 0.100. The fraction of sp³-hybridized carbons (Fsp3) is 0.407. The second-order valence-electron chi connectivity index (χ2n) is 9.29. The number of aromatic nitrogens is 2. The van der Waals surface area contributed by atoms with Crippen LogP contribution in [0.1, 0.15) is 62.9 Å². The van der Waals surface area contributed by atoms with Crippen molar-refractivity contribution in [1.29, 1.82) is 0 Å². The second-order valence-corrected chi connectivity index (χ2v) is 11.1. The largest absolute Gasteiger partial charge is 0.333 e. The quantitative estimate of drug-likeness (QED) is 0.411. The van der Waals surface area contributed by atoms with Gasteiger partial charge in [0.15, 0.2) is 5.78 Å². The molecule has 0 aliphatic heterocycles. The summed E-state index contributed by atoms with van der Waals surface area (Å²) in [6.07, 6.45) is 5.99. The van der Waals surface area contributed by atoms with Gasteiger partial charge in [-0.25, -0.2) is 13.2 Å². The number of para-hydroxylation sites is 2. The van der Waals surface area contributed by atoms with Crippen LogP contribution < -0.4 is 10.4 Å². The van der Waals surface area contributed by atoms with Gasteiger partial charge in [0, 0.05) is 19.0 Å². The molecule has 0 atom stereocenters. The summed E-state index contributed by atoms with van der Waals surface area (Å²) in [7, 11) is -3.59. The lowest BCUT2D eigenvalue weighted by Crippen LogP contribution is -2.29. The summed E-state index contributed by atoms with van der Waals surface area (Å²) in [4.78, 5) is 27.0. The first kappa shape index (κ1) is 25.0. The Bertz CT molecular complexity index is 1350. The third-order valence-corrected chi connectivity index (χ3v) is 8.05. The topological polar surface area (TPSA) is 90.2 Å². The summed E-state index contributed by atoms with van der Waals surface area (Å²) >= 11 is 0. The summed E-state index contributed by atoms with van der Waals surface area (Å²) in [6, 6.07) is 16.2. The second kappa shape index (κ2) is 10.6. The number of rotatable bonds is 9. The zero-order valence-corrected chi connectivity index (χ0v) is 21.2. The van der Waals surface area contributed by atoms with Gasteiger partial charge < -0.3 is 0 Å². The van der Waals surface area contributed by atoms with E-state index in [2.05, 4.69) is 4.72 Å². The first-order chi connectivity index (χ1) is 16.8. The molecule has 1 aromatic heterocycles. The molecule has 1 fully saturated rings. The summed E-state index contributed by atoms with van der Waals surface area (Å²) < 4.78 is 31.0. The number of ketones is 1. The molecule has 1 aliphatic rings. The maximum absolute atomic E-state index is 14.0. The Kier molecular flexibility index (Phi) is 7.60. The molecule has 1 N–H and O–H groups in total. The van der Waals surface area contributed by atoms with Gasteiger partial charge in [-0.15, -0.1) is 0 Å². The molecule has 0 radical (unpaired) electrons. The van der Waals surface area contributed by atoms with Crippen molar-refractivity contribution >= 4 is 21.5 Å². The van der Waals surface area contributed by atoms with Crippen LogP contribution in [0, 0.1) is 5.92 Å². The maximum atomic E-state index is 14.0. The molecule has 7 nitrogen and oxygen atoms in total. The molecule has 8 heteroatoms. The number of nitrogens with zero attached hydrogens (tertiary/aromatic N) is 2. The van der Waals surface area contributed by atoms with Crippen molar-refractivity contribution in [3.05, 3.63) is 70.8 Å². The van der Waals surface area contributed by atoms with E-state index < -0.39 is 10.0 Å². The highest BCUT2D eigenvalue weighted by molar-refractivity contribution is 7.92. The molecule has 4 rings (SSSR count). The molecular weight excluding hydrogens is 462 g/mol. The smallest absolute Gasteiger partial charge is 0.293 e. The Balaban J connectivity index is 1.96. The first-order valence-electron chi connectivity index (χ1n) is 12.3. The van der Waals surface area contributed by atoms with Crippen molar-refractivity contribution in [2.24, 2.45) is 5.92 Å². The minimum absolute atomic E-state index is 0.0246. The molecule has 35 heavy (non-hydrogen) atoms. The van der Waals surface area contributed by atoms with E-state index >= 15 is 0 Å². The van der Waals surface area contributed by atoms with E-state index in [1.54, 1.807) is 35.8 Å². The van der Waals surface area contributed by atoms with Crippen LogP contribution in [0.5, 0.6) is 0 Å². The van der Waals surface area contributed by atoms with Crippen LogP contribution in [-0.2, 0) is 16.6 Å². The Morgan fingerprint density at radius 3 is 2.31 bits per heavy atom. The van der Waals surface area contributed by atoms with Crippen LogP contribution in [0.4, 0.5) is 5.69 Å². The number of sulfonamides is 1. The molecule has 0 amide bonds. The molecule has 1 saturated carbocycles. The Labute approximate surface area is 206 Å². The van der Waals surface area contributed by atoms with E-state index in [0.29, 0.717) is 41.6 Å². The molecular formula is C27H33N3O4S. The van der Waals surface area contributed by atoms with Crippen LogP contribution in [0.15, 0.2) is 59.4 Å². The molecule has 0 unspecified atom stereocenters. The highest BCUT2D eigenvalue weighted by atomic mass is 32.2. The number of Topliss-reactive ketones (excluding diaryl/α,β-unsaturated/α-hetero) is 1. The molecule has 1 aliphatic carbocycles. The summed E-state index contributed by atoms with van der Waals surface area (Å²) in [6.45, 7) is 3.76. The Hall–Kier alpha value is -3.13. The lowest BCUT2D eigenvalue weighted by atomic mass is 9.89. The Morgan fingerprint density at radius 1 is 1.00 bits per heavy atom. The van der Waals surface area contributed by atoms with Gasteiger partial charge >= 0.3 is 5.69 Å². The SMILES string of the molecule is CCCS(=O)(=O)Nc1ccccc1-n1c(-c2ccccc2)c(C(C)=O)n(CC2CCCCC2)c1=O. The van der Waals surface area contributed by atoms with Crippen molar-refractivity contribution < 1.29 is 13.2 Å². The van der Waals surface area contributed by atoms with Crippen LogP contribution in [0.25, 0.3) is 16.9 Å². The van der Waals surface area contributed by atoms with Crippen molar-refractivity contribution in [1.82, 2.24) is 9.13 Å². The fourth-order valence-electron chi connectivity index (χ4n) is 5.03. The summed E-state index contributed by atoms with van der Waals surface area (Å²) in [5.74, 6) is 0.111. The zero-order chi connectivity index (χ0) is 25.0. The van der Waals surface area contributed by atoms with E-state index in [4.69, 9.17) is 0 Å². The highest BCUT2D eigenvalue weighted by Crippen LogP contribution is 2.32. The average Bonchev–Trinajstić information content (AvgIpc) is 3.12. The third-order valence-electron chi connectivity index (χ3n) is 6.57. The van der Waals surface area contributed by atoms with Crippen LogP contribution in [0.2, 0.25) is 0 Å². The van der Waals surface area contributed by atoms with Gasteiger partial charge in [-0.2, -0.15) is 0 Å². The first-order valence-corrected chi connectivity index (χ1v) is 14.0.